The highest BCUT2D eigenvalue weighted by molar-refractivity contribution is 6.01. The Morgan fingerprint density at radius 3 is 2.70 bits per heavy atom. The van der Waals surface area contributed by atoms with Crippen molar-refractivity contribution in [1.29, 1.82) is 0 Å². The summed E-state index contributed by atoms with van der Waals surface area (Å²) in [4.78, 5) is 35.3. The van der Waals surface area contributed by atoms with E-state index in [4.69, 9.17) is 0 Å². The standard InChI is InChI=1S/C14H15N3O3/c1-13(7-6-11(18)16-12(13)19)14(17-20)10-5-3-2-4-9(10)8-15-14/h2-5,15H,6-8H2,1H3,(H,16,18,19). The van der Waals surface area contributed by atoms with Gasteiger partial charge in [-0.15, -0.1) is 4.91 Å². The minimum absolute atomic E-state index is 0.212. The molecular formula is C14H15N3O3. The minimum Gasteiger partial charge on any atom is -0.296 e. The van der Waals surface area contributed by atoms with Crippen LogP contribution in [0.3, 0.4) is 0 Å². The fraction of sp³-hybridized carbons (Fsp3) is 0.429. The Morgan fingerprint density at radius 1 is 1.25 bits per heavy atom. The van der Waals surface area contributed by atoms with Crippen molar-refractivity contribution >= 4 is 11.8 Å². The summed E-state index contributed by atoms with van der Waals surface area (Å²) in [5.74, 6) is -0.752. The van der Waals surface area contributed by atoms with Crippen LogP contribution in [0.4, 0.5) is 0 Å². The molecule has 1 aromatic rings. The second-order valence-corrected chi connectivity index (χ2v) is 5.52. The monoisotopic (exact) mass is 273 g/mol. The number of imide groups is 1. The summed E-state index contributed by atoms with van der Waals surface area (Å²) in [7, 11) is 0. The third kappa shape index (κ3) is 1.48. The molecule has 2 atom stereocenters. The van der Waals surface area contributed by atoms with E-state index in [0.717, 1.165) is 11.1 Å². The van der Waals surface area contributed by atoms with Crippen LogP contribution in [0.15, 0.2) is 29.4 Å². The van der Waals surface area contributed by atoms with E-state index < -0.39 is 17.0 Å². The zero-order valence-electron chi connectivity index (χ0n) is 11.1. The number of benzene rings is 1. The van der Waals surface area contributed by atoms with Crippen molar-refractivity contribution in [3.63, 3.8) is 0 Å². The number of nitrogens with zero attached hydrogens (tertiary/aromatic N) is 1. The first-order valence-corrected chi connectivity index (χ1v) is 6.56. The topological polar surface area (TPSA) is 87.6 Å². The lowest BCUT2D eigenvalue weighted by molar-refractivity contribution is -0.145. The minimum atomic E-state index is -1.31. The molecular weight excluding hydrogens is 258 g/mol. The van der Waals surface area contributed by atoms with Gasteiger partial charge in [-0.3, -0.25) is 20.2 Å². The van der Waals surface area contributed by atoms with Gasteiger partial charge in [-0.2, -0.15) is 0 Å². The first-order chi connectivity index (χ1) is 9.53. The summed E-state index contributed by atoms with van der Waals surface area (Å²) in [5, 5.41) is 8.71. The summed E-state index contributed by atoms with van der Waals surface area (Å²) in [6.45, 7) is 2.17. The molecule has 6 heteroatoms. The molecule has 1 aromatic carbocycles. The number of amides is 2. The lowest BCUT2D eigenvalue weighted by atomic mass is 9.68. The van der Waals surface area contributed by atoms with Crippen LogP contribution in [0.25, 0.3) is 0 Å². The van der Waals surface area contributed by atoms with Crippen molar-refractivity contribution in [3.8, 4) is 0 Å². The highest BCUT2D eigenvalue weighted by Crippen LogP contribution is 2.49. The molecule has 2 amide bonds. The Kier molecular flexibility index (Phi) is 2.72. The van der Waals surface area contributed by atoms with Crippen molar-refractivity contribution in [3.05, 3.63) is 40.3 Å². The maximum atomic E-state index is 12.3. The van der Waals surface area contributed by atoms with Gasteiger partial charge >= 0.3 is 0 Å². The van der Waals surface area contributed by atoms with Crippen molar-refractivity contribution < 1.29 is 9.59 Å². The quantitative estimate of drug-likeness (QED) is 0.625. The molecule has 3 rings (SSSR count). The van der Waals surface area contributed by atoms with Gasteiger partial charge in [-0.1, -0.05) is 24.3 Å². The average Bonchev–Trinajstić information content (AvgIpc) is 2.84. The van der Waals surface area contributed by atoms with Gasteiger partial charge in [0.05, 0.1) is 5.41 Å². The lowest BCUT2D eigenvalue weighted by Gasteiger charge is -2.42. The fourth-order valence-electron chi connectivity index (χ4n) is 3.17. The van der Waals surface area contributed by atoms with E-state index in [-0.39, 0.29) is 12.3 Å². The molecule has 6 nitrogen and oxygen atoms in total. The largest absolute Gasteiger partial charge is 0.296 e. The third-order valence-corrected chi connectivity index (χ3v) is 4.48. The van der Waals surface area contributed by atoms with E-state index in [1.54, 1.807) is 6.92 Å². The fourth-order valence-corrected chi connectivity index (χ4v) is 3.17. The van der Waals surface area contributed by atoms with E-state index >= 15 is 0 Å². The molecule has 2 heterocycles. The molecule has 2 aliphatic heterocycles. The van der Waals surface area contributed by atoms with Crippen LogP contribution in [0.2, 0.25) is 0 Å². The van der Waals surface area contributed by atoms with Crippen LogP contribution < -0.4 is 10.6 Å². The smallest absolute Gasteiger partial charge is 0.236 e. The maximum Gasteiger partial charge on any atom is 0.236 e. The number of carbonyl (C=O) groups is 2. The molecule has 20 heavy (non-hydrogen) atoms. The van der Waals surface area contributed by atoms with E-state index in [2.05, 4.69) is 15.8 Å². The summed E-state index contributed by atoms with van der Waals surface area (Å²) < 4.78 is 0. The normalized spacial score (nSPS) is 32.6. The number of rotatable bonds is 2. The van der Waals surface area contributed by atoms with Crippen molar-refractivity contribution in [2.24, 2.45) is 10.6 Å². The number of carbonyl (C=O) groups excluding carboxylic acids is 2. The highest BCUT2D eigenvalue weighted by atomic mass is 16.3. The van der Waals surface area contributed by atoms with Crippen molar-refractivity contribution in [1.82, 2.24) is 10.6 Å². The van der Waals surface area contributed by atoms with Crippen LogP contribution in [0.5, 0.6) is 0 Å². The molecule has 2 N–H and O–H groups in total. The molecule has 104 valence electrons. The third-order valence-electron chi connectivity index (χ3n) is 4.48. The lowest BCUT2D eigenvalue weighted by Crippen LogP contribution is -2.60. The number of piperidine rings is 1. The number of hydrogen-bond acceptors (Lipinski definition) is 5. The number of hydrogen-bond donors (Lipinski definition) is 2. The Hall–Kier alpha value is -2.08. The van der Waals surface area contributed by atoms with Gasteiger partial charge in [0.1, 0.15) is 0 Å². The van der Waals surface area contributed by atoms with E-state index in [1.807, 2.05) is 24.3 Å². The van der Waals surface area contributed by atoms with Gasteiger partial charge in [0.2, 0.25) is 11.8 Å². The molecule has 0 bridgehead atoms. The van der Waals surface area contributed by atoms with E-state index in [0.29, 0.717) is 13.0 Å². The van der Waals surface area contributed by atoms with E-state index in [1.165, 1.54) is 0 Å². The highest BCUT2D eigenvalue weighted by Gasteiger charge is 2.60. The van der Waals surface area contributed by atoms with Crippen LogP contribution in [-0.2, 0) is 21.8 Å². The van der Waals surface area contributed by atoms with Crippen LogP contribution in [0.1, 0.15) is 30.9 Å². The second kappa shape index (κ2) is 4.21. The predicted molar refractivity (Wildman–Crippen MR) is 71.2 cm³/mol. The molecule has 1 fully saturated rings. The van der Waals surface area contributed by atoms with E-state index in [9.17, 15) is 14.5 Å². The van der Waals surface area contributed by atoms with Gasteiger partial charge in [-0.25, -0.2) is 0 Å². The maximum absolute atomic E-state index is 12.3. The van der Waals surface area contributed by atoms with Crippen molar-refractivity contribution in [2.45, 2.75) is 32.0 Å². The van der Waals surface area contributed by atoms with Gasteiger partial charge in [-0.05, 0) is 24.1 Å². The van der Waals surface area contributed by atoms with Gasteiger partial charge in [0, 0.05) is 18.5 Å². The molecule has 0 saturated carbocycles. The SMILES string of the molecule is CC1(C2(N=O)NCc3ccccc32)CCC(=O)NC1=O. The summed E-state index contributed by atoms with van der Waals surface area (Å²) >= 11 is 0. The first-order valence-electron chi connectivity index (χ1n) is 6.56. The number of nitrogens with one attached hydrogen (secondary N) is 2. The van der Waals surface area contributed by atoms with Gasteiger partial charge in [0.15, 0.2) is 5.66 Å². The average molecular weight is 273 g/mol. The number of fused-ring (bicyclic) bond motifs is 1. The Bertz CT molecular complexity index is 615. The zero-order valence-corrected chi connectivity index (χ0v) is 11.1. The molecule has 0 spiro atoms. The zero-order chi connectivity index (χ0) is 14.4. The molecule has 2 unspecified atom stereocenters. The predicted octanol–water partition coefficient (Wildman–Crippen LogP) is 1.15. The molecule has 2 aliphatic rings. The van der Waals surface area contributed by atoms with Crippen LogP contribution in [-0.4, -0.2) is 11.8 Å². The van der Waals surface area contributed by atoms with Gasteiger partial charge < -0.3 is 0 Å². The van der Waals surface area contributed by atoms with Crippen molar-refractivity contribution in [2.75, 3.05) is 0 Å². The van der Waals surface area contributed by atoms with Crippen LogP contribution >= 0.6 is 0 Å². The molecule has 0 aromatic heterocycles. The summed E-state index contributed by atoms with van der Waals surface area (Å²) in [6.07, 6.45) is 0.508. The number of nitroso groups, excluding NO2 is 1. The Balaban J connectivity index is 2.13. The Morgan fingerprint density at radius 2 is 2.00 bits per heavy atom. The summed E-state index contributed by atoms with van der Waals surface area (Å²) in [6, 6.07) is 7.42. The summed E-state index contributed by atoms with van der Waals surface area (Å²) in [5.41, 5.74) is -0.705. The Labute approximate surface area is 115 Å². The van der Waals surface area contributed by atoms with Gasteiger partial charge in [0.25, 0.3) is 0 Å². The second-order valence-electron chi connectivity index (χ2n) is 5.52. The molecule has 0 radical (unpaired) electrons. The first kappa shape index (κ1) is 12.9. The molecule has 0 aliphatic carbocycles. The van der Waals surface area contributed by atoms with Crippen LogP contribution in [0, 0.1) is 10.3 Å². The molecule has 1 saturated heterocycles.